The minimum Gasteiger partial charge on any atom is -0.370 e. The highest BCUT2D eigenvalue weighted by molar-refractivity contribution is 6.00. The van der Waals surface area contributed by atoms with Gasteiger partial charge >= 0.3 is 0 Å². The van der Waals surface area contributed by atoms with E-state index in [2.05, 4.69) is 88.8 Å². The van der Waals surface area contributed by atoms with Crippen molar-refractivity contribution >= 4 is 101 Å². The van der Waals surface area contributed by atoms with E-state index in [9.17, 15) is 62.3 Å². The number of aliphatic imine (C=N–C) groups is 4. The molecule has 0 saturated carbocycles. The minimum atomic E-state index is -1.70. The molecule has 0 aliphatic carbocycles. The molecule has 1 aromatic heterocycles. The molecule has 3 rings (SSSR count). The van der Waals surface area contributed by atoms with Gasteiger partial charge in [-0.2, -0.15) is 0 Å². The Bertz CT molecular complexity index is 3580. The van der Waals surface area contributed by atoms with Crippen LogP contribution in [0.25, 0.3) is 0 Å². The largest absolute Gasteiger partial charge is 0.370 e. The average Bonchev–Trinajstić information content (AvgIpc) is 0.910. The number of nitrogens with zero attached hydrogens (tertiary/aromatic N) is 7. The third-order valence-electron chi connectivity index (χ3n) is 17.7. The third-order valence-corrected chi connectivity index (χ3v) is 17.7. The van der Waals surface area contributed by atoms with Crippen LogP contribution in [-0.4, -0.2) is 227 Å². The fraction of sp³-hybridized carbons (Fsp3) is 0.643. The Labute approximate surface area is 662 Å². The first-order valence-corrected chi connectivity index (χ1v) is 38.2. The van der Waals surface area contributed by atoms with Crippen LogP contribution in [0, 0.1) is 11.8 Å². The molecule has 3 unspecified atom stereocenters. The Balaban J connectivity index is 2.11. The molecule has 2 aromatic rings. The monoisotopic (exact) mass is 1610 g/mol. The fourth-order valence-electron chi connectivity index (χ4n) is 11.9. The molecule has 636 valence electrons. The van der Waals surface area contributed by atoms with Gasteiger partial charge in [0.25, 0.3) is 0 Å². The highest BCUT2D eigenvalue weighted by atomic mass is 16.2. The Kier molecular flexibility index (Phi) is 44.0. The molecule has 12 atom stereocenters. The van der Waals surface area contributed by atoms with Crippen LogP contribution >= 0.6 is 0 Å². The summed E-state index contributed by atoms with van der Waals surface area (Å²) in [6, 6.07) is -8.62. The summed E-state index contributed by atoms with van der Waals surface area (Å²) in [5, 5.41) is 37.7. The number of hydrogen-bond donors (Lipinski definition) is 24. The smallest absolute Gasteiger partial charge is 0.243 e. The summed E-state index contributed by atoms with van der Waals surface area (Å²) in [4.78, 5) is 200. The summed E-state index contributed by atoms with van der Waals surface area (Å²) in [6.07, 6.45) is 1.26. The van der Waals surface area contributed by atoms with Gasteiger partial charge in [-0.3, -0.25) is 87.0 Å². The number of fused-ring (bicyclic) bond motifs is 2. The number of nitrogens with two attached hydrogens (primary N) is 13. The van der Waals surface area contributed by atoms with Gasteiger partial charge in [-0.15, -0.1) is 5.10 Å². The molecule has 1 aromatic carbocycles. The lowest BCUT2D eigenvalue weighted by atomic mass is 10.00. The molecule has 114 heavy (non-hydrogen) atoms. The Morgan fingerprint density at radius 3 is 1.39 bits per heavy atom. The van der Waals surface area contributed by atoms with Crippen molar-refractivity contribution in [2.24, 2.45) is 106 Å². The Morgan fingerprint density at radius 1 is 0.491 bits per heavy atom. The molecule has 13 amide bonds. The first-order valence-electron chi connectivity index (χ1n) is 38.2. The van der Waals surface area contributed by atoms with E-state index < -0.39 is 156 Å². The van der Waals surface area contributed by atoms with Crippen LogP contribution in [0.4, 0.5) is 0 Å². The van der Waals surface area contributed by atoms with E-state index >= 15 is 0 Å². The number of amides is 13. The highest BCUT2D eigenvalue weighted by Crippen LogP contribution is 2.16. The molecule has 37 N–H and O–H groups in total. The van der Waals surface area contributed by atoms with E-state index in [4.69, 9.17) is 74.5 Å². The normalized spacial score (nSPS) is 17.5. The number of carbonyl (C=O) groups is 13. The highest BCUT2D eigenvalue weighted by Gasteiger charge is 2.38. The van der Waals surface area contributed by atoms with Crippen molar-refractivity contribution < 1.29 is 62.3 Å². The van der Waals surface area contributed by atoms with E-state index in [1.54, 1.807) is 50.4 Å². The Hall–Kier alpha value is -11.6. The van der Waals surface area contributed by atoms with Gasteiger partial charge < -0.3 is 133 Å². The van der Waals surface area contributed by atoms with Gasteiger partial charge in [0.05, 0.1) is 18.2 Å². The number of hydrogen-bond acceptors (Lipinski definition) is 22. The molecule has 0 saturated heterocycles. The molecule has 0 fully saturated rings. The molecule has 0 spiro atoms. The van der Waals surface area contributed by atoms with Crippen LogP contribution in [0.5, 0.6) is 0 Å². The predicted octanol–water partition coefficient (Wildman–Crippen LogP) is -8.95. The number of primary amides is 2. The number of carbonyl (C=O) groups excluding carboxylic acids is 13. The second-order valence-electron chi connectivity index (χ2n) is 28.6. The van der Waals surface area contributed by atoms with Gasteiger partial charge in [0.1, 0.15) is 66.5 Å². The maximum atomic E-state index is 15.0. The molecular weight excluding hydrogens is 1480 g/mol. The van der Waals surface area contributed by atoms with Crippen molar-refractivity contribution in [3.63, 3.8) is 0 Å². The standard InChI is InChI=1S/C70H123N31O13/c1-38(2)32-50-63(111)92-46(21-12-27-84-67(76)77)58(106)89-44(18-8-9-31-101-37-41(99-100-101)35-42(73)56(104)95-50)57(105)91-48(23-14-29-86-69(80)81)61(109)96-51(33-39(3)4)64(112)93-47(22-13-28-85-68(78)79)59(107)90-45(20-11-26-72)60(108)97-52(34-40-16-6-5-7-17-40)65(113)94-49(24-15-30-87-70(82)83)62(110)98-53(36-54(74)102)66(114)88-43(55(75)103)19-10-25-71/h5-7,16-17,37-39,42-53H,8-15,18-36,71-73H2,1-4H3,(H2,74,102)(H2,75,103)(H,88,114)(H,89,106)(H,90,107)(H,91,105)(H,92,111)(H,93,112)(H,94,113)(H,95,104)(H,96,109)(H,97,108)(H,98,110)(H4,76,77,84)(H4,78,79,85)(H4,80,81,86)(H4,82,83,87)/t42?,43-,44?,45-,46?,47-,48-,49-,50-,51-,52-,53-/m0/s1. The number of aryl methyl sites for hydroxylation is 1. The topological polar surface area (TPSA) is 773 Å². The number of rotatable bonds is 47. The Morgan fingerprint density at radius 2 is 0.912 bits per heavy atom. The van der Waals surface area contributed by atoms with E-state index in [0.717, 1.165) is 0 Å². The molecule has 1 aliphatic heterocycles. The van der Waals surface area contributed by atoms with Crippen LogP contribution in [0.3, 0.4) is 0 Å². The first kappa shape index (κ1) is 96.6. The van der Waals surface area contributed by atoms with Crippen LogP contribution in [-0.2, 0) is 81.7 Å². The minimum absolute atomic E-state index is 0.00306. The fourth-order valence-corrected chi connectivity index (χ4v) is 11.9. The van der Waals surface area contributed by atoms with Gasteiger partial charge in [0.15, 0.2) is 23.8 Å². The van der Waals surface area contributed by atoms with Crippen LogP contribution in [0.1, 0.15) is 155 Å². The van der Waals surface area contributed by atoms with Crippen molar-refractivity contribution in [1.29, 1.82) is 0 Å². The lowest BCUT2D eigenvalue weighted by molar-refractivity contribution is -0.136. The summed E-state index contributed by atoms with van der Waals surface area (Å²) in [7, 11) is 0. The summed E-state index contributed by atoms with van der Waals surface area (Å²) in [6.45, 7) is 7.51. The van der Waals surface area contributed by atoms with Crippen molar-refractivity contribution in [2.75, 3.05) is 39.3 Å². The first-order chi connectivity index (χ1) is 54.0. The van der Waals surface area contributed by atoms with Gasteiger partial charge in [-0.05, 0) is 140 Å². The van der Waals surface area contributed by atoms with Crippen molar-refractivity contribution in [2.45, 2.75) is 235 Å². The van der Waals surface area contributed by atoms with E-state index in [-0.39, 0.29) is 197 Å². The van der Waals surface area contributed by atoms with E-state index in [0.29, 0.717) is 17.7 Å². The molecule has 0 radical (unpaired) electrons. The molecule has 2 bridgehead atoms. The number of guanidine groups is 4. The molecule has 2 heterocycles. The predicted molar refractivity (Wildman–Crippen MR) is 425 cm³/mol. The number of aromatic nitrogens is 3. The van der Waals surface area contributed by atoms with Crippen LogP contribution < -0.4 is 133 Å². The summed E-state index contributed by atoms with van der Waals surface area (Å²) in [5.74, 6) is -13.2. The lowest BCUT2D eigenvalue weighted by Gasteiger charge is -2.29. The quantitative estimate of drug-likeness (QED) is 0.0166. The third kappa shape index (κ3) is 38.6. The maximum absolute atomic E-state index is 15.0. The van der Waals surface area contributed by atoms with Crippen molar-refractivity contribution in [1.82, 2.24) is 73.5 Å². The average molecular weight is 1610 g/mol. The number of benzene rings is 1. The maximum Gasteiger partial charge on any atom is 0.243 e. The van der Waals surface area contributed by atoms with E-state index in [1.807, 2.05) is 13.8 Å². The van der Waals surface area contributed by atoms with Gasteiger partial charge in [-0.25, -0.2) is 0 Å². The zero-order valence-corrected chi connectivity index (χ0v) is 65.6. The van der Waals surface area contributed by atoms with Gasteiger partial charge in [0.2, 0.25) is 76.8 Å². The molecule has 1 aliphatic rings. The van der Waals surface area contributed by atoms with Crippen LogP contribution in [0.15, 0.2) is 56.5 Å². The van der Waals surface area contributed by atoms with Crippen LogP contribution in [0.2, 0.25) is 0 Å². The summed E-state index contributed by atoms with van der Waals surface area (Å²) >= 11 is 0. The van der Waals surface area contributed by atoms with Gasteiger partial charge in [-0.1, -0.05) is 63.2 Å². The molecule has 44 heteroatoms. The molecule has 44 nitrogen and oxygen atoms in total. The van der Waals surface area contributed by atoms with Gasteiger partial charge in [0, 0.05) is 51.8 Å². The zero-order valence-electron chi connectivity index (χ0n) is 65.6. The van der Waals surface area contributed by atoms with Crippen molar-refractivity contribution in [3.05, 3.63) is 47.8 Å². The van der Waals surface area contributed by atoms with Crippen molar-refractivity contribution in [3.8, 4) is 0 Å². The zero-order chi connectivity index (χ0) is 85.0. The molecular formula is C70H123N31O13. The number of nitrogens with one attached hydrogen (secondary N) is 11. The van der Waals surface area contributed by atoms with E-state index in [1.165, 1.54) is 4.68 Å². The second kappa shape index (κ2) is 51.9. The second-order valence-corrected chi connectivity index (χ2v) is 28.6. The SMILES string of the molecule is CC(C)C[C@@H]1NC(=O)C(N)Cc2cn(nn2)CCCCC(C(=O)N[C@@H](CCCN=C(N)N)C(=O)N[C@@H](CC(C)C)C(=O)N[C@@H](CCCN=C(N)N)C(=O)N[C@@H](CCCN)C(=O)N[C@@H](Cc2ccccc2)C(=O)N[C@@H](CCCN=C(N)N)C(=O)N[C@@H](CC(N)=O)C(=O)N[C@@H](CCCN)C(N)=O)NC(=O)C(CCCN=C(N)N)NC1=O. The summed E-state index contributed by atoms with van der Waals surface area (Å²) in [5.41, 5.74) is 74.8. The lowest BCUT2D eigenvalue weighted by Crippen LogP contribution is -2.61. The summed E-state index contributed by atoms with van der Waals surface area (Å²) < 4.78 is 1.53.